The minimum atomic E-state index is 0. The molecule has 0 amide bonds. The molecule has 1 saturated carbocycles. The quantitative estimate of drug-likeness (QED) is 0.403. The van der Waals surface area contributed by atoms with Crippen LogP contribution in [0.2, 0.25) is 0 Å². The van der Waals surface area contributed by atoms with Crippen LogP contribution in [0.5, 0.6) is 0 Å². The summed E-state index contributed by atoms with van der Waals surface area (Å²) in [6.45, 7) is 9.15. The van der Waals surface area contributed by atoms with Crippen molar-refractivity contribution >= 4 is 29.9 Å². The fourth-order valence-corrected chi connectivity index (χ4v) is 3.47. The first-order valence-electron chi connectivity index (χ1n) is 8.75. The molecule has 2 aliphatic rings. The van der Waals surface area contributed by atoms with E-state index in [9.17, 15) is 0 Å². The van der Waals surface area contributed by atoms with E-state index < -0.39 is 0 Å². The average molecular weight is 437 g/mol. The lowest BCUT2D eigenvalue weighted by Gasteiger charge is -2.38. The molecule has 1 saturated heterocycles. The first-order chi connectivity index (χ1) is 10.4. The van der Waals surface area contributed by atoms with Crippen molar-refractivity contribution in [3.8, 4) is 0 Å². The molecule has 23 heavy (non-hydrogen) atoms. The van der Waals surface area contributed by atoms with E-state index in [1.54, 1.807) is 0 Å². The first kappa shape index (κ1) is 21.0. The zero-order valence-electron chi connectivity index (χ0n) is 15.6. The van der Waals surface area contributed by atoms with Gasteiger partial charge in [-0.25, -0.2) is 0 Å². The first-order valence-corrected chi connectivity index (χ1v) is 8.75. The van der Waals surface area contributed by atoms with Gasteiger partial charge in [0.1, 0.15) is 0 Å². The van der Waals surface area contributed by atoms with E-state index in [4.69, 9.17) is 0 Å². The Morgan fingerprint density at radius 2 is 1.83 bits per heavy atom. The van der Waals surface area contributed by atoms with Crippen LogP contribution in [0.4, 0.5) is 0 Å². The lowest BCUT2D eigenvalue weighted by molar-refractivity contribution is 0.116. The topological polar surface area (TPSA) is 42.9 Å². The fraction of sp³-hybridized carbons (Fsp3) is 0.941. The van der Waals surface area contributed by atoms with Gasteiger partial charge in [-0.15, -0.1) is 24.0 Å². The van der Waals surface area contributed by atoms with Gasteiger partial charge in [-0.05, 0) is 45.2 Å². The summed E-state index contributed by atoms with van der Waals surface area (Å²) in [5, 5.41) is 7.14. The van der Waals surface area contributed by atoms with E-state index in [-0.39, 0.29) is 24.0 Å². The second-order valence-corrected chi connectivity index (χ2v) is 7.93. The van der Waals surface area contributed by atoms with Gasteiger partial charge in [0.25, 0.3) is 0 Å². The maximum absolute atomic E-state index is 4.41. The van der Waals surface area contributed by atoms with Crippen LogP contribution >= 0.6 is 24.0 Å². The largest absolute Gasteiger partial charge is 0.355 e. The Balaban J connectivity index is 0.00000264. The zero-order chi connectivity index (χ0) is 16.2. The number of hydrogen-bond acceptors (Lipinski definition) is 3. The molecule has 0 aromatic carbocycles. The summed E-state index contributed by atoms with van der Waals surface area (Å²) in [4.78, 5) is 9.27. The number of rotatable bonds is 3. The van der Waals surface area contributed by atoms with Crippen molar-refractivity contribution in [2.75, 3.05) is 47.3 Å². The fourth-order valence-electron chi connectivity index (χ4n) is 3.47. The number of aliphatic imine (C=N–C) groups is 1. The van der Waals surface area contributed by atoms with E-state index >= 15 is 0 Å². The van der Waals surface area contributed by atoms with Gasteiger partial charge in [0.05, 0.1) is 0 Å². The maximum atomic E-state index is 4.41. The van der Waals surface area contributed by atoms with Crippen molar-refractivity contribution < 1.29 is 0 Å². The van der Waals surface area contributed by atoms with Crippen LogP contribution in [0.25, 0.3) is 0 Å². The molecule has 0 aromatic rings. The number of hydrogen-bond donors (Lipinski definition) is 2. The molecule has 1 aliphatic heterocycles. The Morgan fingerprint density at radius 1 is 1.17 bits per heavy atom. The Bertz CT molecular complexity index is 375. The Hall–Kier alpha value is -0.0800. The minimum absolute atomic E-state index is 0. The molecule has 0 spiro atoms. The van der Waals surface area contributed by atoms with Crippen molar-refractivity contribution in [1.82, 2.24) is 20.4 Å². The molecule has 2 fully saturated rings. The van der Waals surface area contributed by atoms with Gasteiger partial charge in [0, 0.05) is 45.3 Å². The van der Waals surface area contributed by atoms with Gasteiger partial charge in [-0.2, -0.15) is 0 Å². The third kappa shape index (κ3) is 6.74. The third-order valence-corrected chi connectivity index (χ3v) is 5.39. The SMILES string of the molecule is CN=C(NCC1CN(C)CCN1C)NC1CCC(C)(C)CC1.I. The minimum Gasteiger partial charge on any atom is -0.355 e. The van der Waals surface area contributed by atoms with E-state index in [0.717, 1.165) is 32.1 Å². The van der Waals surface area contributed by atoms with Gasteiger partial charge in [0.2, 0.25) is 0 Å². The summed E-state index contributed by atoms with van der Waals surface area (Å²) in [6, 6.07) is 1.13. The lowest BCUT2D eigenvalue weighted by Crippen LogP contribution is -2.56. The van der Waals surface area contributed by atoms with Crippen molar-refractivity contribution in [2.24, 2.45) is 10.4 Å². The van der Waals surface area contributed by atoms with E-state index in [1.807, 2.05) is 7.05 Å². The van der Waals surface area contributed by atoms with Crippen molar-refractivity contribution in [3.63, 3.8) is 0 Å². The molecule has 0 aromatic heterocycles. The summed E-state index contributed by atoms with van der Waals surface area (Å²) in [5.41, 5.74) is 0.518. The van der Waals surface area contributed by atoms with Gasteiger partial charge in [0.15, 0.2) is 5.96 Å². The highest BCUT2D eigenvalue weighted by Crippen LogP contribution is 2.34. The van der Waals surface area contributed by atoms with Crippen molar-refractivity contribution in [1.29, 1.82) is 0 Å². The summed E-state index contributed by atoms with van der Waals surface area (Å²) >= 11 is 0. The van der Waals surface area contributed by atoms with Crippen LogP contribution in [-0.4, -0.2) is 75.2 Å². The smallest absolute Gasteiger partial charge is 0.191 e. The monoisotopic (exact) mass is 437 g/mol. The molecule has 1 unspecified atom stereocenters. The van der Waals surface area contributed by atoms with Crippen LogP contribution in [0.15, 0.2) is 4.99 Å². The molecular weight excluding hydrogens is 401 g/mol. The second kappa shape index (κ2) is 9.42. The predicted octanol–water partition coefficient (Wildman–Crippen LogP) is 1.98. The van der Waals surface area contributed by atoms with Gasteiger partial charge in [-0.1, -0.05) is 13.8 Å². The van der Waals surface area contributed by atoms with Crippen molar-refractivity contribution in [3.05, 3.63) is 0 Å². The molecule has 1 aliphatic carbocycles. The predicted molar refractivity (Wildman–Crippen MR) is 110 cm³/mol. The summed E-state index contributed by atoms with van der Waals surface area (Å²) in [5.74, 6) is 0.964. The Labute approximate surface area is 159 Å². The summed E-state index contributed by atoms with van der Waals surface area (Å²) in [6.07, 6.45) is 5.11. The Kier molecular flexibility index (Phi) is 8.58. The van der Waals surface area contributed by atoms with Crippen LogP contribution in [0.1, 0.15) is 39.5 Å². The molecule has 2 rings (SSSR count). The molecule has 0 radical (unpaired) electrons. The van der Waals surface area contributed by atoms with Crippen LogP contribution in [0.3, 0.4) is 0 Å². The molecule has 1 heterocycles. The van der Waals surface area contributed by atoms with Crippen molar-refractivity contribution in [2.45, 2.75) is 51.6 Å². The standard InChI is InChI=1S/C17H35N5.HI/c1-17(2)8-6-14(7-9-17)20-16(18-3)19-12-15-13-21(4)10-11-22(15)5;/h14-15H,6-13H2,1-5H3,(H2,18,19,20);1H. The summed E-state index contributed by atoms with van der Waals surface area (Å²) in [7, 11) is 6.30. The van der Waals surface area contributed by atoms with Gasteiger partial charge in [-0.3, -0.25) is 9.89 Å². The van der Waals surface area contributed by atoms with E-state index in [0.29, 0.717) is 17.5 Å². The second-order valence-electron chi connectivity index (χ2n) is 7.93. The molecule has 2 N–H and O–H groups in total. The normalized spacial score (nSPS) is 27.3. The maximum Gasteiger partial charge on any atom is 0.191 e. The number of nitrogens with one attached hydrogen (secondary N) is 2. The molecule has 5 nitrogen and oxygen atoms in total. The molecule has 0 bridgehead atoms. The van der Waals surface area contributed by atoms with E-state index in [1.165, 1.54) is 25.7 Å². The number of likely N-dealkylation sites (N-methyl/N-ethyl adjacent to an activating group) is 2. The van der Waals surface area contributed by atoms with Gasteiger partial charge < -0.3 is 15.5 Å². The number of piperazine rings is 1. The molecule has 6 heteroatoms. The number of nitrogens with zero attached hydrogens (tertiary/aromatic N) is 3. The highest BCUT2D eigenvalue weighted by Gasteiger charge is 2.27. The molecule has 1 atom stereocenters. The van der Waals surface area contributed by atoms with Crippen LogP contribution < -0.4 is 10.6 Å². The highest BCUT2D eigenvalue weighted by atomic mass is 127. The van der Waals surface area contributed by atoms with E-state index in [2.05, 4.69) is 53.4 Å². The third-order valence-electron chi connectivity index (χ3n) is 5.39. The van der Waals surface area contributed by atoms with Crippen LogP contribution in [0, 0.1) is 5.41 Å². The lowest BCUT2D eigenvalue weighted by atomic mass is 9.75. The highest BCUT2D eigenvalue weighted by molar-refractivity contribution is 14.0. The van der Waals surface area contributed by atoms with Crippen LogP contribution in [-0.2, 0) is 0 Å². The zero-order valence-corrected chi connectivity index (χ0v) is 17.9. The Morgan fingerprint density at radius 3 is 2.43 bits per heavy atom. The molecular formula is C17H36IN5. The molecule has 136 valence electrons. The number of halogens is 1. The van der Waals surface area contributed by atoms with Gasteiger partial charge >= 0.3 is 0 Å². The summed E-state index contributed by atoms with van der Waals surface area (Å²) < 4.78 is 0. The number of guanidine groups is 1. The average Bonchev–Trinajstić information content (AvgIpc) is 2.48.